The minimum absolute atomic E-state index is 0.00542. The van der Waals surface area contributed by atoms with Gasteiger partial charge in [-0.3, -0.25) is 0 Å². The Labute approximate surface area is 62.8 Å². The average Bonchev–Trinajstić information content (AvgIpc) is 1.89. The van der Waals surface area contributed by atoms with Crippen LogP contribution in [0.4, 0.5) is 0 Å². The van der Waals surface area contributed by atoms with Crippen LogP contribution in [0.25, 0.3) is 0 Å². The summed E-state index contributed by atoms with van der Waals surface area (Å²) in [5, 5.41) is 0. The first-order chi connectivity index (χ1) is 4.81. The first-order valence-corrected chi connectivity index (χ1v) is 3.24. The van der Waals surface area contributed by atoms with Crippen LogP contribution in [0.2, 0.25) is 0 Å². The molecule has 0 aromatic heterocycles. The third-order valence-electron chi connectivity index (χ3n) is 0.930. The fourth-order valence-electron chi connectivity index (χ4n) is 0.484. The molecular formula is C9H12O. The predicted octanol–water partition coefficient (Wildman–Crippen LogP) is 1.44. The Morgan fingerprint density at radius 2 is 2.00 bits per heavy atom. The van der Waals surface area contributed by atoms with E-state index in [4.69, 9.17) is 4.74 Å². The van der Waals surface area contributed by atoms with Gasteiger partial charge in [-0.1, -0.05) is 11.8 Å². The molecule has 0 N–H and O–H groups in total. The Kier molecular flexibility index (Phi) is 5.63. The van der Waals surface area contributed by atoms with Gasteiger partial charge in [0.05, 0.1) is 0 Å². The van der Waals surface area contributed by atoms with E-state index in [9.17, 15) is 0 Å². The van der Waals surface area contributed by atoms with Gasteiger partial charge in [-0.2, -0.15) is 0 Å². The molecule has 0 amide bonds. The fraction of sp³-hybridized carbons (Fsp3) is 0.556. The van der Waals surface area contributed by atoms with Gasteiger partial charge in [-0.15, -0.1) is 11.8 Å². The van der Waals surface area contributed by atoms with Crippen LogP contribution >= 0.6 is 0 Å². The van der Waals surface area contributed by atoms with E-state index in [2.05, 4.69) is 23.7 Å². The monoisotopic (exact) mass is 136 g/mol. The van der Waals surface area contributed by atoms with E-state index < -0.39 is 0 Å². The van der Waals surface area contributed by atoms with Crippen molar-refractivity contribution in [2.45, 2.75) is 26.9 Å². The molecule has 1 atom stereocenters. The van der Waals surface area contributed by atoms with Crippen LogP contribution in [-0.4, -0.2) is 12.7 Å². The second kappa shape index (κ2) is 6.20. The normalized spacial score (nSPS) is 10.3. The molecule has 0 aromatic rings. The summed E-state index contributed by atoms with van der Waals surface area (Å²) < 4.78 is 5.18. The Morgan fingerprint density at radius 3 is 2.50 bits per heavy atom. The number of ether oxygens (including phenoxy) is 1. The van der Waals surface area contributed by atoms with Crippen molar-refractivity contribution in [3.8, 4) is 23.7 Å². The van der Waals surface area contributed by atoms with Crippen LogP contribution in [0.15, 0.2) is 0 Å². The summed E-state index contributed by atoms with van der Waals surface area (Å²) in [6, 6.07) is 0. The molecule has 0 radical (unpaired) electrons. The summed E-state index contributed by atoms with van der Waals surface area (Å²) in [7, 11) is 0. The Balaban J connectivity index is 3.42. The third kappa shape index (κ3) is 5.22. The van der Waals surface area contributed by atoms with Crippen molar-refractivity contribution >= 4 is 0 Å². The summed E-state index contributed by atoms with van der Waals surface area (Å²) in [4.78, 5) is 0. The molecule has 0 spiro atoms. The average molecular weight is 136 g/mol. The van der Waals surface area contributed by atoms with Crippen molar-refractivity contribution in [3.63, 3.8) is 0 Å². The first-order valence-electron chi connectivity index (χ1n) is 3.24. The summed E-state index contributed by atoms with van der Waals surface area (Å²) in [5.41, 5.74) is 0. The zero-order chi connectivity index (χ0) is 7.82. The second-order valence-electron chi connectivity index (χ2n) is 1.77. The molecule has 0 saturated carbocycles. The van der Waals surface area contributed by atoms with Crippen molar-refractivity contribution < 1.29 is 4.74 Å². The molecule has 0 rings (SSSR count). The summed E-state index contributed by atoms with van der Waals surface area (Å²) in [6.45, 7) is 5.98. The third-order valence-corrected chi connectivity index (χ3v) is 0.930. The Bertz CT molecular complexity index is 184. The van der Waals surface area contributed by atoms with Crippen LogP contribution in [-0.2, 0) is 4.74 Å². The molecule has 0 saturated heterocycles. The molecule has 0 aromatic carbocycles. The number of rotatable bonds is 2. The van der Waals surface area contributed by atoms with Gasteiger partial charge < -0.3 is 4.74 Å². The zero-order valence-corrected chi connectivity index (χ0v) is 6.69. The van der Waals surface area contributed by atoms with Crippen LogP contribution in [0.5, 0.6) is 0 Å². The van der Waals surface area contributed by atoms with Gasteiger partial charge in [0.15, 0.2) is 0 Å². The summed E-state index contributed by atoms with van der Waals surface area (Å²) in [5.74, 6) is 11.2. The predicted molar refractivity (Wildman–Crippen MR) is 42.3 cm³/mol. The van der Waals surface area contributed by atoms with Crippen molar-refractivity contribution in [1.29, 1.82) is 0 Å². The second-order valence-corrected chi connectivity index (χ2v) is 1.77. The molecule has 54 valence electrons. The van der Waals surface area contributed by atoms with Crippen molar-refractivity contribution in [2.75, 3.05) is 6.61 Å². The smallest absolute Gasteiger partial charge is 0.116 e. The van der Waals surface area contributed by atoms with Gasteiger partial charge in [0.1, 0.15) is 12.7 Å². The van der Waals surface area contributed by atoms with Crippen LogP contribution in [0.1, 0.15) is 20.8 Å². The minimum atomic E-state index is 0.00542. The standard InChI is InChI=1S/C9H12O/c1-4-6-8-10-9(3)7-5-2/h9H,8H2,1-3H3. The minimum Gasteiger partial charge on any atom is -0.353 e. The highest BCUT2D eigenvalue weighted by Gasteiger charge is 1.91. The van der Waals surface area contributed by atoms with Gasteiger partial charge in [-0.25, -0.2) is 0 Å². The van der Waals surface area contributed by atoms with Crippen molar-refractivity contribution in [1.82, 2.24) is 0 Å². The van der Waals surface area contributed by atoms with Crippen molar-refractivity contribution in [3.05, 3.63) is 0 Å². The van der Waals surface area contributed by atoms with Gasteiger partial charge in [0.2, 0.25) is 0 Å². The zero-order valence-electron chi connectivity index (χ0n) is 6.69. The van der Waals surface area contributed by atoms with Gasteiger partial charge >= 0.3 is 0 Å². The van der Waals surface area contributed by atoms with Crippen molar-refractivity contribution in [2.24, 2.45) is 0 Å². The lowest BCUT2D eigenvalue weighted by molar-refractivity contribution is 0.134. The topological polar surface area (TPSA) is 9.23 Å². The fourth-order valence-corrected chi connectivity index (χ4v) is 0.484. The molecule has 1 nitrogen and oxygen atoms in total. The Morgan fingerprint density at radius 1 is 1.30 bits per heavy atom. The molecule has 0 aliphatic heterocycles. The van der Waals surface area contributed by atoms with E-state index in [0.717, 1.165) is 0 Å². The number of hydrogen-bond acceptors (Lipinski definition) is 1. The number of hydrogen-bond donors (Lipinski definition) is 0. The lowest BCUT2D eigenvalue weighted by Gasteiger charge is -2.00. The van der Waals surface area contributed by atoms with Crippen LogP contribution < -0.4 is 0 Å². The maximum Gasteiger partial charge on any atom is 0.116 e. The molecule has 1 heteroatoms. The molecular weight excluding hydrogens is 124 g/mol. The molecule has 1 unspecified atom stereocenters. The van der Waals surface area contributed by atoms with E-state index in [0.29, 0.717) is 6.61 Å². The molecule has 10 heavy (non-hydrogen) atoms. The lowest BCUT2D eigenvalue weighted by atomic mass is 10.4. The van der Waals surface area contributed by atoms with E-state index >= 15 is 0 Å². The highest BCUT2D eigenvalue weighted by Crippen LogP contribution is 1.85. The summed E-state index contributed by atoms with van der Waals surface area (Å²) in [6.07, 6.45) is 0.00542. The van der Waals surface area contributed by atoms with Crippen LogP contribution in [0.3, 0.4) is 0 Å². The largest absolute Gasteiger partial charge is 0.353 e. The van der Waals surface area contributed by atoms with E-state index in [1.807, 2.05) is 6.92 Å². The van der Waals surface area contributed by atoms with Gasteiger partial charge in [0, 0.05) is 0 Å². The highest BCUT2D eigenvalue weighted by molar-refractivity contribution is 5.02. The van der Waals surface area contributed by atoms with E-state index in [1.165, 1.54) is 0 Å². The lowest BCUT2D eigenvalue weighted by Crippen LogP contribution is -2.04. The maximum atomic E-state index is 5.18. The first kappa shape index (κ1) is 9.08. The highest BCUT2D eigenvalue weighted by atomic mass is 16.5. The van der Waals surface area contributed by atoms with Gasteiger partial charge in [-0.05, 0) is 20.8 Å². The molecule has 0 aliphatic carbocycles. The van der Waals surface area contributed by atoms with Gasteiger partial charge in [0.25, 0.3) is 0 Å². The summed E-state index contributed by atoms with van der Waals surface area (Å²) >= 11 is 0. The quantitative estimate of drug-likeness (QED) is 0.522. The molecule has 0 heterocycles. The molecule has 0 bridgehead atoms. The molecule has 0 fully saturated rings. The SMILES string of the molecule is CC#CCOC(C)C#CC. The van der Waals surface area contributed by atoms with E-state index in [1.54, 1.807) is 13.8 Å². The Hall–Kier alpha value is -0.920. The maximum absolute atomic E-state index is 5.18. The molecule has 0 aliphatic rings. The van der Waals surface area contributed by atoms with E-state index in [-0.39, 0.29) is 6.10 Å². The van der Waals surface area contributed by atoms with Crippen LogP contribution in [0, 0.1) is 23.7 Å².